The Bertz CT molecular complexity index is 221. The summed E-state index contributed by atoms with van der Waals surface area (Å²) in [6, 6.07) is -0.945. The smallest absolute Gasteiger partial charge is 0.238 e. The summed E-state index contributed by atoms with van der Waals surface area (Å²) in [5.41, 5.74) is 5.49. The molecular formula is C10H18N2O2. The van der Waals surface area contributed by atoms with Gasteiger partial charge in [0.25, 0.3) is 0 Å². The SMILES string of the molecule is C#CCC(N)C(=O)NC(CO)C(C)C. The number of terminal acetylenes is 1. The molecule has 0 aliphatic heterocycles. The second-order valence-electron chi connectivity index (χ2n) is 3.56. The van der Waals surface area contributed by atoms with Crippen molar-refractivity contribution in [1.82, 2.24) is 5.32 Å². The van der Waals surface area contributed by atoms with Gasteiger partial charge in [0.05, 0.1) is 18.7 Å². The van der Waals surface area contributed by atoms with E-state index in [1.807, 2.05) is 13.8 Å². The van der Waals surface area contributed by atoms with Crippen molar-refractivity contribution in [3.8, 4) is 12.3 Å². The van der Waals surface area contributed by atoms with E-state index in [1.54, 1.807) is 0 Å². The number of hydrogen-bond donors (Lipinski definition) is 3. The fraction of sp³-hybridized carbons (Fsp3) is 0.700. The normalized spacial score (nSPS) is 14.6. The van der Waals surface area contributed by atoms with Crippen LogP contribution in [0.25, 0.3) is 0 Å². The van der Waals surface area contributed by atoms with Gasteiger partial charge in [-0.05, 0) is 5.92 Å². The molecule has 0 radical (unpaired) electrons. The number of rotatable bonds is 5. The first-order valence-electron chi connectivity index (χ1n) is 4.63. The van der Waals surface area contributed by atoms with Gasteiger partial charge in [-0.1, -0.05) is 13.8 Å². The third-order valence-electron chi connectivity index (χ3n) is 2.00. The van der Waals surface area contributed by atoms with Gasteiger partial charge in [-0.25, -0.2) is 0 Å². The number of aliphatic hydroxyl groups is 1. The van der Waals surface area contributed by atoms with E-state index >= 15 is 0 Å². The van der Waals surface area contributed by atoms with Crippen LogP contribution in [-0.4, -0.2) is 29.7 Å². The van der Waals surface area contributed by atoms with Gasteiger partial charge in [0.2, 0.25) is 5.91 Å². The molecule has 0 fully saturated rings. The molecule has 2 unspecified atom stereocenters. The maximum absolute atomic E-state index is 11.4. The van der Waals surface area contributed by atoms with Crippen LogP contribution in [0.4, 0.5) is 0 Å². The minimum atomic E-state index is -0.687. The largest absolute Gasteiger partial charge is 0.394 e. The molecule has 14 heavy (non-hydrogen) atoms. The summed E-state index contributed by atoms with van der Waals surface area (Å²) < 4.78 is 0. The Morgan fingerprint density at radius 3 is 2.57 bits per heavy atom. The van der Waals surface area contributed by atoms with E-state index < -0.39 is 6.04 Å². The van der Waals surface area contributed by atoms with Crippen molar-refractivity contribution in [3.63, 3.8) is 0 Å². The molecule has 0 bridgehead atoms. The Kier molecular flexibility index (Phi) is 5.93. The fourth-order valence-electron chi connectivity index (χ4n) is 0.933. The van der Waals surface area contributed by atoms with Gasteiger partial charge >= 0.3 is 0 Å². The number of nitrogens with one attached hydrogen (secondary N) is 1. The predicted molar refractivity (Wildman–Crippen MR) is 55.3 cm³/mol. The Labute approximate surface area is 84.9 Å². The van der Waals surface area contributed by atoms with Crippen LogP contribution >= 0.6 is 0 Å². The fourth-order valence-corrected chi connectivity index (χ4v) is 0.933. The average molecular weight is 198 g/mol. The summed E-state index contributed by atoms with van der Waals surface area (Å²) >= 11 is 0. The number of aliphatic hydroxyl groups excluding tert-OH is 1. The van der Waals surface area contributed by atoms with Gasteiger partial charge in [0, 0.05) is 6.42 Å². The highest BCUT2D eigenvalue weighted by atomic mass is 16.3. The van der Waals surface area contributed by atoms with E-state index in [9.17, 15) is 4.79 Å². The first-order chi connectivity index (χ1) is 6.52. The summed E-state index contributed by atoms with van der Waals surface area (Å²) in [4.78, 5) is 11.4. The molecular weight excluding hydrogens is 180 g/mol. The van der Waals surface area contributed by atoms with Gasteiger partial charge in [0.1, 0.15) is 0 Å². The van der Waals surface area contributed by atoms with E-state index in [0.29, 0.717) is 0 Å². The second-order valence-corrected chi connectivity index (χ2v) is 3.56. The van der Waals surface area contributed by atoms with Crippen molar-refractivity contribution in [2.75, 3.05) is 6.61 Å². The van der Waals surface area contributed by atoms with E-state index in [-0.39, 0.29) is 30.9 Å². The molecule has 1 amide bonds. The van der Waals surface area contributed by atoms with Crippen molar-refractivity contribution in [2.24, 2.45) is 11.7 Å². The highest BCUT2D eigenvalue weighted by molar-refractivity contribution is 5.82. The van der Waals surface area contributed by atoms with E-state index in [4.69, 9.17) is 17.3 Å². The minimum Gasteiger partial charge on any atom is -0.394 e. The monoisotopic (exact) mass is 198 g/mol. The van der Waals surface area contributed by atoms with Crippen LogP contribution in [0.2, 0.25) is 0 Å². The molecule has 0 rings (SSSR count). The lowest BCUT2D eigenvalue weighted by molar-refractivity contribution is -0.123. The van der Waals surface area contributed by atoms with Crippen LogP contribution in [0, 0.1) is 18.3 Å². The van der Waals surface area contributed by atoms with Crippen molar-refractivity contribution in [3.05, 3.63) is 0 Å². The molecule has 4 nitrogen and oxygen atoms in total. The predicted octanol–water partition coefficient (Wildman–Crippen LogP) is -0.530. The number of carbonyl (C=O) groups is 1. The minimum absolute atomic E-state index is 0.0911. The first kappa shape index (κ1) is 12.9. The Hall–Kier alpha value is -1.05. The summed E-state index contributed by atoms with van der Waals surface area (Å²) in [6.45, 7) is 3.73. The molecule has 4 N–H and O–H groups in total. The van der Waals surface area contributed by atoms with Crippen LogP contribution in [0.5, 0.6) is 0 Å². The van der Waals surface area contributed by atoms with E-state index in [1.165, 1.54) is 0 Å². The van der Waals surface area contributed by atoms with Crippen LogP contribution in [0.1, 0.15) is 20.3 Å². The Morgan fingerprint density at radius 1 is 1.64 bits per heavy atom. The molecule has 0 saturated heterocycles. The number of amides is 1. The molecule has 0 heterocycles. The maximum Gasteiger partial charge on any atom is 0.238 e. The second kappa shape index (κ2) is 6.41. The lowest BCUT2D eigenvalue weighted by Crippen LogP contribution is -2.48. The molecule has 4 heteroatoms. The number of nitrogens with two attached hydrogens (primary N) is 1. The third kappa shape index (κ3) is 4.26. The highest BCUT2D eigenvalue weighted by Gasteiger charge is 2.18. The van der Waals surface area contributed by atoms with Gasteiger partial charge in [-0.2, -0.15) is 0 Å². The number of hydrogen-bond acceptors (Lipinski definition) is 3. The zero-order chi connectivity index (χ0) is 11.1. The standard InChI is InChI=1S/C10H18N2O2/c1-4-5-8(11)10(14)12-9(6-13)7(2)3/h1,7-9,13H,5-6,11H2,2-3H3,(H,12,14). The van der Waals surface area contributed by atoms with Crippen molar-refractivity contribution >= 4 is 5.91 Å². The zero-order valence-electron chi connectivity index (χ0n) is 8.66. The van der Waals surface area contributed by atoms with Crippen molar-refractivity contribution in [2.45, 2.75) is 32.4 Å². The molecule has 0 aliphatic carbocycles. The third-order valence-corrected chi connectivity index (χ3v) is 2.00. The average Bonchev–Trinajstić information content (AvgIpc) is 2.13. The maximum atomic E-state index is 11.4. The molecule has 0 aromatic rings. The van der Waals surface area contributed by atoms with Crippen LogP contribution in [-0.2, 0) is 4.79 Å². The molecule has 80 valence electrons. The Morgan fingerprint density at radius 2 is 2.21 bits per heavy atom. The highest BCUT2D eigenvalue weighted by Crippen LogP contribution is 2.00. The van der Waals surface area contributed by atoms with Crippen molar-refractivity contribution in [1.29, 1.82) is 0 Å². The van der Waals surface area contributed by atoms with Gasteiger partial charge < -0.3 is 16.2 Å². The summed E-state index contributed by atoms with van der Waals surface area (Å²) in [5, 5.41) is 11.6. The summed E-state index contributed by atoms with van der Waals surface area (Å²) in [6.07, 6.45) is 5.24. The van der Waals surface area contributed by atoms with E-state index in [0.717, 1.165) is 0 Å². The molecule has 0 aliphatic rings. The van der Waals surface area contributed by atoms with Gasteiger partial charge in [-0.3, -0.25) is 4.79 Å². The first-order valence-corrected chi connectivity index (χ1v) is 4.63. The lowest BCUT2D eigenvalue weighted by Gasteiger charge is -2.21. The quantitative estimate of drug-likeness (QED) is 0.520. The van der Waals surface area contributed by atoms with Crippen LogP contribution in [0.15, 0.2) is 0 Å². The van der Waals surface area contributed by atoms with Crippen LogP contribution < -0.4 is 11.1 Å². The van der Waals surface area contributed by atoms with Gasteiger partial charge in [0.15, 0.2) is 0 Å². The topological polar surface area (TPSA) is 75.4 Å². The molecule has 0 spiro atoms. The molecule has 0 aromatic heterocycles. The number of carbonyl (C=O) groups excluding carboxylic acids is 1. The van der Waals surface area contributed by atoms with Crippen molar-refractivity contribution < 1.29 is 9.90 Å². The van der Waals surface area contributed by atoms with E-state index in [2.05, 4.69) is 11.2 Å². The summed E-state index contributed by atoms with van der Waals surface area (Å²) in [5.74, 6) is 2.18. The molecule has 2 atom stereocenters. The van der Waals surface area contributed by atoms with Crippen LogP contribution in [0.3, 0.4) is 0 Å². The summed E-state index contributed by atoms with van der Waals surface area (Å²) in [7, 11) is 0. The molecule has 0 saturated carbocycles. The zero-order valence-corrected chi connectivity index (χ0v) is 8.66. The van der Waals surface area contributed by atoms with Gasteiger partial charge in [-0.15, -0.1) is 12.3 Å². The molecule has 0 aromatic carbocycles. The lowest BCUT2D eigenvalue weighted by atomic mass is 10.0. The Balaban J connectivity index is 4.10.